The van der Waals surface area contributed by atoms with Gasteiger partial charge in [-0.05, 0) is 38.9 Å². The molecule has 1 aromatic heterocycles. The molecule has 2 aromatic rings. The van der Waals surface area contributed by atoms with E-state index in [0.29, 0.717) is 18.8 Å². The van der Waals surface area contributed by atoms with Crippen LogP contribution in [0.4, 0.5) is 0 Å². The Balaban J connectivity index is 1.41. The Morgan fingerprint density at radius 3 is 2.43 bits per heavy atom. The fraction of sp³-hybridized carbons (Fsp3) is 0.643. The lowest BCUT2D eigenvalue weighted by molar-refractivity contribution is -0.133. The highest BCUT2D eigenvalue weighted by Crippen LogP contribution is 2.32. The molecule has 0 radical (unpaired) electrons. The summed E-state index contributed by atoms with van der Waals surface area (Å²) in [6.07, 6.45) is 8.20. The van der Waals surface area contributed by atoms with Crippen molar-refractivity contribution in [1.29, 1.82) is 0 Å². The summed E-state index contributed by atoms with van der Waals surface area (Å²) in [6, 6.07) is 10.3. The Labute approximate surface area is 209 Å². The van der Waals surface area contributed by atoms with Crippen molar-refractivity contribution >= 4 is 22.7 Å². The molecule has 0 bridgehead atoms. The van der Waals surface area contributed by atoms with Gasteiger partial charge in [-0.3, -0.25) is 14.5 Å². The molecule has 1 saturated carbocycles. The maximum Gasteiger partial charge on any atom is 0.271 e. The molecule has 1 unspecified atom stereocenters. The molecule has 2 amide bonds. The second kappa shape index (κ2) is 10.3. The lowest BCUT2D eigenvalue weighted by atomic mass is 9.92. The molecule has 1 aromatic carbocycles. The fourth-order valence-corrected chi connectivity index (χ4v) is 6.11. The zero-order valence-electron chi connectivity index (χ0n) is 21.5. The maximum absolute atomic E-state index is 14.0. The molecule has 190 valence electrons. The normalized spacial score (nSPS) is 25.3. The third kappa shape index (κ3) is 4.98. The Bertz CT molecular complexity index is 1050. The second-order valence-electron chi connectivity index (χ2n) is 11.1. The quantitative estimate of drug-likeness (QED) is 0.715. The molecule has 3 heterocycles. The summed E-state index contributed by atoms with van der Waals surface area (Å²) in [5.74, 6) is -0.0323. The van der Waals surface area contributed by atoms with Crippen molar-refractivity contribution < 1.29 is 9.59 Å². The number of aromatic nitrogens is 1. The van der Waals surface area contributed by atoms with Gasteiger partial charge in [-0.1, -0.05) is 50.3 Å². The van der Waals surface area contributed by atoms with Crippen LogP contribution < -0.4 is 5.32 Å². The lowest BCUT2D eigenvalue weighted by Crippen LogP contribution is -2.66. The smallest absolute Gasteiger partial charge is 0.271 e. The molecule has 35 heavy (non-hydrogen) atoms. The molecule has 0 spiro atoms. The number of likely N-dealkylation sites (N-methyl/N-ethyl adjacent to an activating group) is 1. The highest BCUT2D eigenvalue weighted by atomic mass is 16.2. The average Bonchev–Trinajstić information content (AvgIpc) is 3.20. The summed E-state index contributed by atoms with van der Waals surface area (Å²) >= 11 is 0. The van der Waals surface area contributed by atoms with Gasteiger partial charge < -0.3 is 19.7 Å². The first-order valence-electron chi connectivity index (χ1n) is 13.6. The molecule has 2 fully saturated rings. The van der Waals surface area contributed by atoms with E-state index in [-0.39, 0.29) is 17.9 Å². The van der Waals surface area contributed by atoms with Crippen LogP contribution >= 0.6 is 0 Å². The zero-order valence-corrected chi connectivity index (χ0v) is 21.5. The molecular formula is C28H41N5O2. The van der Waals surface area contributed by atoms with Crippen LogP contribution in [-0.4, -0.2) is 89.0 Å². The van der Waals surface area contributed by atoms with Crippen LogP contribution in [0.25, 0.3) is 10.9 Å². The van der Waals surface area contributed by atoms with Crippen molar-refractivity contribution in [3.05, 3.63) is 36.0 Å². The van der Waals surface area contributed by atoms with Crippen LogP contribution in [0.1, 0.15) is 62.4 Å². The van der Waals surface area contributed by atoms with Crippen LogP contribution in [-0.2, 0) is 11.3 Å². The monoisotopic (exact) mass is 479 g/mol. The summed E-state index contributed by atoms with van der Waals surface area (Å²) in [7, 11) is 2.15. The van der Waals surface area contributed by atoms with Gasteiger partial charge >= 0.3 is 0 Å². The van der Waals surface area contributed by atoms with E-state index in [0.717, 1.165) is 56.5 Å². The van der Waals surface area contributed by atoms with E-state index in [1.807, 2.05) is 30.0 Å². The number of para-hydroxylation sites is 1. The number of benzene rings is 1. The van der Waals surface area contributed by atoms with Crippen molar-refractivity contribution in [3.8, 4) is 0 Å². The molecule has 1 atom stereocenters. The standard InChI is InChI=1S/C28H41N5O2/c1-28(27(35)29-23-11-6-4-3-5-7-12-23)21-32-24-13-9-8-10-22(24)20-25(32)26(34)33(28)19-18-31-16-14-30(2)15-17-31/h8-10,13,20,23H,3-7,11-12,14-19,21H2,1-2H3,(H,29,35). The Morgan fingerprint density at radius 2 is 1.69 bits per heavy atom. The van der Waals surface area contributed by atoms with Crippen molar-refractivity contribution in [2.24, 2.45) is 0 Å². The highest BCUT2D eigenvalue weighted by molar-refractivity contribution is 6.03. The summed E-state index contributed by atoms with van der Waals surface area (Å²) in [4.78, 5) is 34.5. The van der Waals surface area contributed by atoms with Crippen molar-refractivity contribution in [1.82, 2.24) is 24.6 Å². The first-order valence-corrected chi connectivity index (χ1v) is 13.6. The minimum Gasteiger partial charge on any atom is -0.351 e. The number of hydrogen-bond acceptors (Lipinski definition) is 4. The predicted molar refractivity (Wildman–Crippen MR) is 140 cm³/mol. The lowest BCUT2D eigenvalue weighted by Gasteiger charge is -2.45. The van der Waals surface area contributed by atoms with Crippen LogP contribution in [0.3, 0.4) is 0 Å². The number of fused-ring (bicyclic) bond motifs is 3. The Hall–Kier alpha value is -2.38. The van der Waals surface area contributed by atoms with E-state index in [1.54, 1.807) is 0 Å². The Morgan fingerprint density at radius 1 is 1.00 bits per heavy atom. The van der Waals surface area contributed by atoms with Crippen molar-refractivity contribution in [3.63, 3.8) is 0 Å². The fourth-order valence-electron chi connectivity index (χ4n) is 6.11. The van der Waals surface area contributed by atoms with Gasteiger partial charge in [-0.2, -0.15) is 0 Å². The third-order valence-electron chi connectivity index (χ3n) is 8.50. The van der Waals surface area contributed by atoms with E-state index < -0.39 is 5.54 Å². The van der Waals surface area contributed by atoms with E-state index in [1.165, 1.54) is 32.1 Å². The number of piperazine rings is 1. The minimum atomic E-state index is -0.916. The van der Waals surface area contributed by atoms with E-state index in [4.69, 9.17) is 0 Å². The average molecular weight is 480 g/mol. The summed E-state index contributed by atoms with van der Waals surface area (Å²) in [5.41, 5.74) is 0.807. The number of carbonyl (C=O) groups is 2. The van der Waals surface area contributed by atoms with Gasteiger partial charge in [-0.15, -0.1) is 0 Å². The number of nitrogens with zero attached hydrogens (tertiary/aromatic N) is 4. The number of nitrogens with one attached hydrogen (secondary N) is 1. The molecule has 1 saturated heterocycles. The predicted octanol–water partition coefficient (Wildman–Crippen LogP) is 3.33. The van der Waals surface area contributed by atoms with Gasteiger partial charge in [0.1, 0.15) is 11.2 Å². The molecule has 7 heteroatoms. The van der Waals surface area contributed by atoms with Crippen molar-refractivity contribution in [2.75, 3.05) is 46.3 Å². The van der Waals surface area contributed by atoms with Crippen molar-refractivity contribution in [2.45, 2.75) is 70.0 Å². The first kappa shape index (κ1) is 24.3. The second-order valence-corrected chi connectivity index (χ2v) is 11.1. The van der Waals surface area contributed by atoms with E-state index in [9.17, 15) is 9.59 Å². The Kier molecular flexibility index (Phi) is 7.17. The van der Waals surface area contributed by atoms with Gasteiger partial charge in [0.15, 0.2) is 0 Å². The van der Waals surface area contributed by atoms with Gasteiger partial charge in [0.05, 0.1) is 6.54 Å². The number of amides is 2. The molecule has 2 aliphatic heterocycles. The van der Waals surface area contributed by atoms with Crippen LogP contribution in [0, 0.1) is 0 Å². The number of rotatable bonds is 5. The van der Waals surface area contributed by atoms with Crippen LogP contribution in [0.2, 0.25) is 0 Å². The minimum absolute atomic E-state index is 0.00164. The highest BCUT2D eigenvalue weighted by Gasteiger charge is 2.48. The van der Waals surface area contributed by atoms with Gasteiger partial charge in [0.25, 0.3) is 5.91 Å². The van der Waals surface area contributed by atoms with E-state index in [2.05, 4.69) is 38.9 Å². The maximum atomic E-state index is 14.0. The van der Waals surface area contributed by atoms with E-state index >= 15 is 0 Å². The topological polar surface area (TPSA) is 60.8 Å². The molecule has 7 nitrogen and oxygen atoms in total. The van der Waals surface area contributed by atoms with Gasteiger partial charge in [-0.25, -0.2) is 0 Å². The summed E-state index contributed by atoms with van der Waals surface area (Å²) in [6.45, 7) is 7.93. The van der Waals surface area contributed by atoms with Crippen LogP contribution in [0.15, 0.2) is 30.3 Å². The van der Waals surface area contributed by atoms with Gasteiger partial charge in [0, 0.05) is 56.2 Å². The largest absolute Gasteiger partial charge is 0.351 e. The zero-order chi connectivity index (χ0) is 24.4. The molecular weight excluding hydrogens is 438 g/mol. The SMILES string of the molecule is CN1CCN(CCN2C(=O)c3cc4ccccc4n3CC2(C)C(=O)NC2CCCCCCC2)CC1. The van der Waals surface area contributed by atoms with Gasteiger partial charge in [0.2, 0.25) is 5.91 Å². The molecule has 3 aliphatic rings. The number of carbonyl (C=O) groups excluding carboxylic acids is 2. The molecule has 5 rings (SSSR count). The van der Waals surface area contributed by atoms with Crippen LogP contribution in [0.5, 0.6) is 0 Å². The first-order chi connectivity index (χ1) is 17.0. The number of hydrogen-bond donors (Lipinski definition) is 1. The molecule has 1 aliphatic carbocycles. The third-order valence-corrected chi connectivity index (χ3v) is 8.50. The molecule has 1 N–H and O–H groups in total. The summed E-state index contributed by atoms with van der Waals surface area (Å²) in [5, 5.41) is 4.45. The summed E-state index contributed by atoms with van der Waals surface area (Å²) < 4.78 is 2.07.